The molecule has 0 heterocycles. The summed E-state index contributed by atoms with van der Waals surface area (Å²) in [6.07, 6.45) is 0. The molecule has 1 rings (SSSR count). The zero-order valence-corrected chi connectivity index (χ0v) is 11.1. The number of aliphatic hydroxyl groups excluding tert-OH is 1. The average molecular weight is 256 g/mol. The van der Waals surface area contributed by atoms with Gasteiger partial charge in [0.1, 0.15) is 0 Å². The molecule has 4 heteroatoms. The van der Waals surface area contributed by atoms with Crippen molar-refractivity contribution in [3.63, 3.8) is 0 Å². The number of amides is 1. The summed E-state index contributed by atoms with van der Waals surface area (Å²) in [4.78, 5) is 11.7. The summed E-state index contributed by atoms with van der Waals surface area (Å²) in [5.74, 6) is -0.260. The SMILES string of the molecule is CC(C)(C)c1ccc(C(=O)NCCO)c(Cl)c1. The van der Waals surface area contributed by atoms with Crippen molar-refractivity contribution in [1.29, 1.82) is 0 Å². The molecule has 0 saturated carbocycles. The first-order chi connectivity index (χ1) is 7.86. The molecule has 0 atom stereocenters. The Morgan fingerprint density at radius 2 is 2.06 bits per heavy atom. The normalized spacial score (nSPS) is 11.4. The maximum atomic E-state index is 11.7. The van der Waals surface area contributed by atoms with Gasteiger partial charge >= 0.3 is 0 Å². The van der Waals surface area contributed by atoms with Crippen LogP contribution in [0.3, 0.4) is 0 Å². The third-order valence-electron chi connectivity index (χ3n) is 2.48. The summed E-state index contributed by atoms with van der Waals surface area (Å²) in [7, 11) is 0. The molecule has 3 nitrogen and oxygen atoms in total. The van der Waals surface area contributed by atoms with Crippen molar-refractivity contribution in [2.24, 2.45) is 0 Å². The number of carbonyl (C=O) groups is 1. The fourth-order valence-electron chi connectivity index (χ4n) is 1.43. The predicted molar refractivity (Wildman–Crippen MR) is 69.6 cm³/mol. The van der Waals surface area contributed by atoms with E-state index in [0.29, 0.717) is 10.6 Å². The average Bonchev–Trinajstić information content (AvgIpc) is 2.24. The molecule has 0 fully saturated rings. The lowest BCUT2D eigenvalue weighted by Crippen LogP contribution is -2.26. The molecule has 1 amide bonds. The van der Waals surface area contributed by atoms with Gasteiger partial charge < -0.3 is 10.4 Å². The van der Waals surface area contributed by atoms with E-state index in [2.05, 4.69) is 26.1 Å². The van der Waals surface area contributed by atoms with Crippen molar-refractivity contribution in [3.8, 4) is 0 Å². The Bertz CT molecular complexity index is 410. The van der Waals surface area contributed by atoms with Crippen LogP contribution in [0, 0.1) is 0 Å². The number of aliphatic hydroxyl groups is 1. The Kier molecular flexibility index (Phi) is 4.54. The maximum absolute atomic E-state index is 11.7. The number of rotatable bonds is 3. The van der Waals surface area contributed by atoms with E-state index in [9.17, 15) is 4.79 Å². The molecule has 94 valence electrons. The van der Waals surface area contributed by atoms with Crippen LogP contribution in [0.1, 0.15) is 36.7 Å². The van der Waals surface area contributed by atoms with E-state index in [1.807, 2.05) is 12.1 Å². The van der Waals surface area contributed by atoms with Gasteiger partial charge in [0.2, 0.25) is 0 Å². The van der Waals surface area contributed by atoms with Gasteiger partial charge in [-0.3, -0.25) is 4.79 Å². The highest BCUT2D eigenvalue weighted by Gasteiger charge is 2.17. The van der Waals surface area contributed by atoms with E-state index in [1.54, 1.807) is 6.07 Å². The van der Waals surface area contributed by atoms with Crippen LogP contribution in [0.25, 0.3) is 0 Å². The first kappa shape index (κ1) is 14.0. The highest BCUT2D eigenvalue weighted by atomic mass is 35.5. The van der Waals surface area contributed by atoms with Crippen molar-refractivity contribution in [2.75, 3.05) is 13.2 Å². The molecule has 0 saturated heterocycles. The third kappa shape index (κ3) is 3.72. The molecule has 0 unspecified atom stereocenters. The van der Waals surface area contributed by atoms with Gasteiger partial charge in [-0.05, 0) is 23.1 Å². The molecule has 0 aliphatic carbocycles. The number of nitrogens with one attached hydrogen (secondary N) is 1. The third-order valence-corrected chi connectivity index (χ3v) is 2.79. The lowest BCUT2D eigenvalue weighted by atomic mass is 9.86. The van der Waals surface area contributed by atoms with Crippen molar-refractivity contribution >= 4 is 17.5 Å². The zero-order valence-electron chi connectivity index (χ0n) is 10.4. The quantitative estimate of drug-likeness (QED) is 0.871. The fourth-order valence-corrected chi connectivity index (χ4v) is 1.70. The summed E-state index contributed by atoms with van der Waals surface area (Å²) in [6, 6.07) is 5.44. The second-order valence-electron chi connectivity index (χ2n) is 4.92. The number of hydrogen-bond donors (Lipinski definition) is 2. The van der Waals surface area contributed by atoms with Crippen molar-refractivity contribution in [2.45, 2.75) is 26.2 Å². The Labute approximate surface area is 107 Å². The highest BCUT2D eigenvalue weighted by Crippen LogP contribution is 2.27. The monoisotopic (exact) mass is 255 g/mol. The standard InChI is InChI=1S/C13H18ClNO2/c1-13(2,3)9-4-5-10(11(14)8-9)12(17)15-6-7-16/h4-5,8,16H,6-7H2,1-3H3,(H,15,17). The van der Waals surface area contributed by atoms with E-state index in [1.165, 1.54) is 0 Å². The van der Waals surface area contributed by atoms with Gasteiger partial charge in [0.05, 0.1) is 17.2 Å². The van der Waals surface area contributed by atoms with Gasteiger partial charge in [-0.1, -0.05) is 38.4 Å². The molecule has 1 aromatic rings. The number of benzene rings is 1. The van der Waals surface area contributed by atoms with E-state index in [4.69, 9.17) is 16.7 Å². The smallest absolute Gasteiger partial charge is 0.252 e. The molecule has 1 aromatic carbocycles. The lowest BCUT2D eigenvalue weighted by Gasteiger charge is -2.19. The first-order valence-electron chi connectivity index (χ1n) is 5.55. The Balaban J connectivity index is 2.94. The summed E-state index contributed by atoms with van der Waals surface area (Å²) in [6.45, 7) is 6.41. The number of halogens is 1. The summed E-state index contributed by atoms with van der Waals surface area (Å²) in [5.41, 5.74) is 1.53. The van der Waals surface area contributed by atoms with E-state index >= 15 is 0 Å². The maximum Gasteiger partial charge on any atom is 0.252 e. The minimum Gasteiger partial charge on any atom is -0.395 e. The molecule has 0 bridgehead atoms. The van der Waals surface area contributed by atoms with Crippen LogP contribution in [0.5, 0.6) is 0 Å². The highest BCUT2D eigenvalue weighted by molar-refractivity contribution is 6.33. The van der Waals surface area contributed by atoms with Gasteiger partial charge in [0.25, 0.3) is 5.91 Å². The van der Waals surface area contributed by atoms with Crippen LogP contribution in [0.15, 0.2) is 18.2 Å². The van der Waals surface area contributed by atoms with E-state index < -0.39 is 0 Å². The van der Waals surface area contributed by atoms with Gasteiger partial charge in [0.15, 0.2) is 0 Å². The van der Waals surface area contributed by atoms with Gasteiger partial charge in [-0.25, -0.2) is 0 Å². The summed E-state index contributed by atoms with van der Waals surface area (Å²) >= 11 is 6.09. The predicted octanol–water partition coefficient (Wildman–Crippen LogP) is 2.36. The lowest BCUT2D eigenvalue weighted by molar-refractivity contribution is 0.0945. The Morgan fingerprint density at radius 3 is 2.53 bits per heavy atom. The van der Waals surface area contributed by atoms with Crippen LogP contribution in [-0.2, 0) is 5.41 Å². The minimum absolute atomic E-state index is 0.00372. The van der Waals surface area contributed by atoms with Gasteiger partial charge in [-0.15, -0.1) is 0 Å². The molecule has 0 radical (unpaired) electrons. The Hall–Kier alpha value is -1.06. The van der Waals surface area contributed by atoms with Crippen molar-refractivity contribution < 1.29 is 9.90 Å². The van der Waals surface area contributed by atoms with Crippen LogP contribution in [0.4, 0.5) is 0 Å². The molecule has 0 aromatic heterocycles. The summed E-state index contributed by atoms with van der Waals surface area (Å²) < 4.78 is 0. The molecule has 2 N–H and O–H groups in total. The van der Waals surface area contributed by atoms with Crippen LogP contribution in [-0.4, -0.2) is 24.2 Å². The number of hydrogen-bond acceptors (Lipinski definition) is 2. The molecule has 0 aliphatic rings. The molecule has 0 spiro atoms. The second-order valence-corrected chi connectivity index (χ2v) is 5.33. The van der Waals surface area contributed by atoms with Crippen LogP contribution >= 0.6 is 11.6 Å². The fraction of sp³-hybridized carbons (Fsp3) is 0.462. The minimum atomic E-state index is -0.260. The topological polar surface area (TPSA) is 49.3 Å². The van der Waals surface area contributed by atoms with E-state index in [0.717, 1.165) is 5.56 Å². The molecule has 0 aliphatic heterocycles. The van der Waals surface area contributed by atoms with Crippen molar-refractivity contribution in [1.82, 2.24) is 5.32 Å². The Morgan fingerprint density at radius 1 is 1.41 bits per heavy atom. The molecule has 17 heavy (non-hydrogen) atoms. The zero-order chi connectivity index (χ0) is 13.1. The molecular weight excluding hydrogens is 238 g/mol. The second kappa shape index (κ2) is 5.52. The number of carbonyl (C=O) groups excluding carboxylic acids is 1. The van der Waals surface area contributed by atoms with Crippen LogP contribution in [0.2, 0.25) is 5.02 Å². The van der Waals surface area contributed by atoms with E-state index in [-0.39, 0.29) is 24.5 Å². The summed E-state index contributed by atoms with van der Waals surface area (Å²) in [5, 5.41) is 11.6. The largest absolute Gasteiger partial charge is 0.395 e. The first-order valence-corrected chi connectivity index (χ1v) is 5.93. The molecular formula is C13H18ClNO2. The van der Waals surface area contributed by atoms with Crippen LogP contribution < -0.4 is 5.32 Å². The van der Waals surface area contributed by atoms with Gasteiger partial charge in [-0.2, -0.15) is 0 Å². The van der Waals surface area contributed by atoms with Gasteiger partial charge in [0, 0.05) is 6.54 Å². The van der Waals surface area contributed by atoms with Crippen molar-refractivity contribution in [3.05, 3.63) is 34.3 Å².